The van der Waals surface area contributed by atoms with Crippen LogP contribution in [0.5, 0.6) is 0 Å². The van der Waals surface area contributed by atoms with E-state index in [0.717, 1.165) is 0 Å². The Labute approximate surface area is 120 Å². The Kier molecular flexibility index (Phi) is 4.24. The third kappa shape index (κ3) is 2.14. The van der Waals surface area contributed by atoms with Crippen LogP contribution in [-0.4, -0.2) is 32.4 Å². The number of fused-ring (bicyclic) bond motifs is 1. The summed E-state index contributed by atoms with van der Waals surface area (Å²) in [6.45, 7) is 5.32. The molecule has 1 N–H and O–H groups in total. The van der Waals surface area contributed by atoms with E-state index >= 15 is 0 Å². The van der Waals surface area contributed by atoms with Gasteiger partial charge in [-0.25, -0.2) is 4.79 Å². The topological polar surface area (TPSA) is 73.9 Å². The Bertz CT molecular complexity index is 796. The third-order valence-corrected chi connectivity index (χ3v) is 3.62. The fourth-order valence-corrected chi connectivity index (χ4v) is 2.61. The highest BCUT2D eigenvalue weighted by atomic mass is 32.1. The molecule has 0 fully saturated rings. The number of rotatable bonds is 5. The van der Waals surface area contributed by atoms with Crippen molar-refractivity contribution in [2.75, 3.05) is 13.7 Å². The highest BCUT2D eigenvalue weighted by Crippen LogP contribution is 2.08. The quantitative estimate of drug-likeness (QED) is 0.825. The van der Waals surface area contributed by atoms with Crippen molar-refractivity contribution in [1.82, 2.24) is 18.7 Å². The Morgan fingerprint density at radius 1 is 1.15 bits per heavy atom. The van der Waals surface area contributed by atoms with Crippen LogP contribution in [0, 0.1) is 4.77 Å². The zero-order valence-electron chi connectivity index (χ0n) is 11.8. The SMILES string of the molecule is CCn1c(=O)c2c([nH]c(=S)n2CC)n(CCOC)c1=O. The van der Waals surface area contributed by atoms with Crippen molar-refractivity contribution in [2.45, 2.75) is 33.5 Å². The van der Waals surface area contributed by atoms with Gasteiger partial charge in [0.2, 0.25) is 0 Å². The van der Waals surface area contributed by atoms with Gasteiger partial charge in [-0.3, -0.25) is 13.9 Å². The summed E-state index contributed by atoms with van der Waals surface area (Å²) >= 11 is 5.22. The molecule has 110 valence electrons. The van der Waals surface area contributed by atoms with Crippen LogP contribution in [0.25, 0.3) is 11.2 Å². The molecule has 0 saturated heterocycles. The zero-order chi connectivity index (χ0) is 14.9. The summed E-state index contributed by atoms with van der Waals surface area (Å²) in [5, 5.41) is 0. The second kappa shape index (κ2) is 5.76. The van der Waals surface area contributed by atoms with Crippen LogP contribution in [0.4, 0.5) is 0 Å². The number of imidazole rings is 1. The zero-order valence-corrected chi connectivity index (χ0v) is 12.6. The molecular formula is C12H18N4O3S. The van der Waals surface area contributed by atoms with Crippen molar-refractivity contribution in [3.63, 3.8) is 0 Å². The molecule has 0 radical (unpaired) electrons. The van der Waals surface area contributed by atoms with Gasteiger partial charge in [-0.05, 0) is 26.1 Å². The number of nitrogens with one attached hydrogen (secondary N) is 1. The molecule has 0 unspecified atom stereocenters. The number of hydrogen-bond donors (Lipinski definition) is 1. The lowest BCUT2D eigenvalue weighted by Crippen LogP contribution is -2.40. The summed E-state index contributed by atoms with van der Waals surface area (Å²) in [5.41, 5.74) is 0.251. The van der Waals surface area contributed by atoms with Crippen molar-refractivity contribution in [2.24, 2.45) is 0 Å². The largest absolute Gasteiger partial charge is 0.383 e. The monoisotopic (exact) mass is 298 g/mol. The van der Waals surface area contributed by atoms with E-state index in [-0.39, 0.29) is 11.2 Å². The summed E-state index contributed by atoms with van der Waals surface area (Å²) in [6, 6.07) is 0. The number of ether oxygens (including phenoxy) is 1. The van der Waals surface area contributed by atoms with Crippen LogP contribution in [0.3, 0.4) is 0 Å². The van der Waals surface area contributed by atoms with Crippen molar-refractivity contribution in [3.8, 4) is 0 Å². The van der Waals surface area contributed by atoms with E-state index in [1.54, 1.807) is 18.6 Å². The van der Waals surface area contributed by atoms with Gasteiger partial charge < -0.3 is 14.3 Å². The second-order valence-corrected chi connectivity index (χ2v) is 4.73. The van der Waals surface area contributed by atoms with Crippen molar-refractivity contribution in [3.05, 3.63) is 25.6 Å². The molecule has 2 rings (SSSR count). The van der Waals surface area contributed by atoms with Gasteiger partial charge >= 0.3 is 5.69 Å². The van der Waals surface area contributed by atoms with Crippen LogP contribution >= 0.6 is 12.2 Å². The number of H-pyrrole nitrogens is 1. The first-order chi connectivity index (χ1) is 9.56. The van der Waals surface area contributed by atoms with E-state index in [1.807, 2.05) is 6.92 Å². The average Bonchev–Trinajstić information content (AvgIpc) is 2.76. The molecule has 0 amide bonds. The Balaban J connectivity index is 2.94. The molecule has 0 aliphatic rings. The van der Waals surface area contributed by atoms with Gasteiger partial charge in [-0.15, -0.1) is 0 Å². The average molecular weight is 298 g/mol. The molecule has 0 bridgehead atoms. The molecule has 7 nitrogen and oxygen atoms in total. The first-order valence-electron chi connectivity index (χ1n) is 6.51. The molecule has 0 aromatic carbocycles. The highest BCUT2D eigenvalue weighted by Gasteiger charge is 2.16. The van der Waals surface area contributed by atoms with Crippen LogP contribution in [0.15, 0.2) is 9.59 Å². The molecule has 20 heavy (non-hydrogen) atoms. The van der Waals surface area contributed by atoms with Crippen LogP contribution in [0.1, 0.15) is 13.8 Å². The standard InChI is InChI=1S/C12H18N4O3S/c1-4-14-8-9(13-11(14)20)16(6-7-19-3)12(18)15(5-2)10(8)17/h4-7H2,1-3H3,(H,13,20). The van der Waals surface area contributed by atoms with E-state index in [9.17, 15) is 9.59 Å². The maximum Gasteiger partial charge on any atom is 0.332 e. The van der Waals surface area contributed by atoms with Crippen molar-refractivity contribution in [1.29, 1.82) is 0 Å². The number of aryl methyl sites for hydroxylation is 1. The molecule has 0 aliphatic heterocycles. The minimum atomic E-state index is -0.346. The fourth-order valence-electron chi connectivity index (χ4n) is 2.30. The Hall–Kier alpha value is -1.67. The minimum absolute atomic E-state index is 0.310. The van der Waals surface area contributed by atoms with Crippen LogP contribution in [-0.2, 0) is 24.4 Å². The fraction of sp³-hybridized carbons (Fsp3) is 0.583. The second-order valence-electron chi connectivity index (χ2n) is 4.35. The first-order valence-corrected chi connectivity index (χ1v) is 6.92. The number of nitrogens with zero attached hydrogens (tertiary/aromatic N) is 3. The summed E-state index contributed by atoms with van der Waals surface area (Å²) in [4.78, 5) is 27.7. The molecule has 0 aliphatic carbocycles. The molecule has 0 saturated carbocycles. The summed E-state index contributed by atoms with van der Waals surface area (Å²) in [5.74, 6) is 0. The lowest BCUT2D eigenvalue weighted by molar-refractivity contribution is 0.186. The van der Waals surface area contributed by atoms with E-state index in [2.05, 4.69) is 4.98 Å². The van der Waals surface area contributed by atoms with Crippen molar-refractivity contribution >= 4 is 23.4 Å². The van der Waals surface area contributed by atoms with E-state index in [0.29, 0.717) is 42.2 Å². The van der Waals surface area contributed by atoms with Gasteiger partial charge in [0.1, 0.15) is 5.65 Å². The maximum absolute atomic E-state index is 12.4. The van der Waals surface area contributed by atoms with E-state index in [4.69, 9.17) is 17.0 Å². The lowest BCUT2D eigenvalue weighted by atomic mass is 10.4. The number of aromatic amines is 1. The summed E-state index contributed by atoms with van der Waals surface area (Å²) in [7, 11) is 1.57. The smallest absolute Gasteiger partial charge is 0.332 e. The molecule has 8 heteroatoms. The highest BCUT2D eigenvalue weighted by molar-refractivity contribution is 7.71. The van der Waals surface area contributed by atoms with Gasteiger partial charge in [0.05, 0.1) is 13.2 Å². The molecule has 0 atom stereocenters. The number of hydrogen-bond acceptors (Lipinski definition) is 4. The van der Waals surface area contributed by atoms with Gasteiger partial charge in [-0.2, -0.15) is 0 Å². The van der Waals surface area contributed by atoms with Crippen LogP contribution in [0.2, 0.25) is 0 Å². The van der Waals surface area contributed by atoms with E-state index < -0.39 is 0 Å². The third-order valence-electron chi connectivity index (χ3n) is 3.30. The number of aromatic nitrogens is 4. The predicted molar refractivity (Wildman–Crippen MR) is 78.9 cm³/mol. The number of methoxy groups -OCH3 is 1. The lowest BCUT2D eigenvalue weighted by Gasteiger charge is -2.10. The van der Waals surface area contributed by atoms with Gasteiger partial charge in [0.15, 0.2) is 10.3 Å². The minimum Gasteiger partial charge on any atom is -0.383 e. The van der Waals surface area contributed by atoms with Gasteiger partial charge in [-0.1, -0.05) is 0 Å². The van der Waals surface area contributed by atoms with Gasteiger partial charge in [0, 0.05) is 20.2 Å². The molecule has 2 aromatic rings. The Morgan fingerprint density at radius 2 is 1.80 bits per heavy atom. The first kappa shape index (κ1) is 14.7. The molecule has 2 heterocycles. The van der Waals surface area contributed by atoms with E-state index in [1.165, 1.54) is 9.13 Å². The molecule has 0 spiro atoms. The summed E-state index contributed by atoms with van der Waals surface area (Å²) < 4.78 is 9.90. The Morgan fingerprint density at radius 3 is 2.35 bits per heavy atom. The van der Waals surface area contributed by atoms with Crippen LogP contribution < -0.4 is 11.2 Å². The van der Waals surface area contributed by atoms with Crippen molar-refractivity contribution < 1.29 is 4.74 Å². The van der Waals surface area contributed by atoms with Gasteiger partial charge in [0.25, 0.3) is 5.56 Å². The molecule has 2 aromatic heterocycles. The predicted octanol–water partition coefficient (Wildman–Crippen LogP) is 0.708. The normalized spacial score (nSPS) is 11.3. The molecular weight excluding hydrogens is 280 g/mol. The maximum atomic E-state index is 12.4. The summed E-state index contributed by atoms with van der Waals surface area (Å²) in [6.07, 6.45) is 0.